The summed E-state index contributed by atoms with van der Waals surface area (Å²) in [5.74, 6) is 0.477. The molecule has 1 N–H and O–H groups in total. The Bertz CT molecular complexity index is 436. The van der Waals surface area contributed by atoms with Gasteiger partial charge in [-0.15, -0.1) is 0 Å². The van der Waals surface area contributed by atoms with Gasteiger partial charge in [0.25, 0.3) is 0 Å². The molecule has 2 unspecified atom stereocenters. The zero-order chi connectivity index (χ0) is 15.1. The van der Waals surface area contributed by atoms with E-state index in [-0.39, 0.29) is 11.9 Å². The SMILES string of the molecule is CC(CNCC1CCN(C)C1)C(=O)OCc1ccccc1. The highest BCUT2D eigenvalue weighted by Gasteiger charge is 2.20. The lowest BCUT2D eigenvalue weighted by Crippen LogP contribution is -2.32. The predicted octanol–water partition coefficient (Wildman–Crippen LogP) is 1.91. The number of benzene rings is 1. The van der Waals surface area contributed by atoms with Crippen LogP contribution in [-0.2, 0) is 16.1 Å². The van der Waals surface area contributed by atoms with E-state index in [9.17, 15) is 4.79 Å². The zero-order valence-electron chi connectivity index (χ0n) is 13.0. The van der Waals surface area contributed by atoms with Gasteiger partial charge in [-0.1, -0.05) is 37.3 Å². The highest BCUT2D eigenvalue weighted by Crippen LogP contribution is 2.13. The number of hydrogen-bond donors (Lipinski definition) is 1. The fourth-order valence-electron chi connectivity index (χ4n) is 2.65. The molecule has 1 aromatic carbocycles. The Labute approximate surface area is 127 Å². The minimum absolute atomic E-state index is 0.104. The first-order valence-electron chi connectivity index (χ1n) is 7.75. The van der Waals surface area contributed by atoms with Crippen molar-refractivity contribution in [3.8, 4) is 0 Å². The molecule has 4 heteroatoms. The first-order valence-corrected chi connectivity index (χ1v) is 7.75. The molecule has 0 aliphatic carbocycles. The summed E-state index contributed by atoms with van der Waals surface area (Å²) in [4.78, 5) is 14.3. The van der Waals surface area contributed by atoms with E-state index >= 15 is 0 Å². The average Bonchev–Trinajstić information content (AvgIpc) is 2.91. The van der Waals surface area contributed by atoms with Crippen LogP contribution >= 0.6 is 0 Å². The number of esters is 1. The lowest BCUT2D eigenvalue weighted by atomic mass is 10.1. The van der Waals surface area contributed by atoms with Crippen molar-refractivity contribution in [3.05, 3.63) is 35.9 Å². The minimum Gasteiger partial charge on any atom is -0.461 e. The smallest absolute Gasteiger partial charge is 0.310 e. The van der Waals surface area contributed by atoms with Gasteiger partial charge < -0.3 is 15.0 Å². The molecule has 1 heterocycles. The normalized spacial score (nSPS) is 20.4. The fourth-order valence-corrected chi connectivity index (χ4v) is 2.65. The highest BCUT2D eigenvalue weighted by atomic mass is 16.5. The van der Waals surface area contributed by atoms with Crippen LogP contribution in [0.1, 0.15) is 18.9 Å². The van der Waals surface area contributed by atoms with E-state index in [0.29, 0.717) is 19.1 Å². The van der Waals surface area contributed by atoms with Gasteiger partial charge in [0, 0.05) is 13.1 Å². The molecule has 1 aliphatic heterocycles. The first-order chi connectivity index (χ1) is 10.1. The molecule has 21 heavy (non-hydrogen) atoms. The van der Waals surface area contributed by atoms with E-state index in [1.54, 1.807) is 0 Å². The molecule has 0 saturated carbocycles. The summed E-state index contributed by atoms with van der Waals surface area (Å²) in [6, 6.07) is 9.79. The average molecular weight is 290 g/mol. The number of likely N-dealkylation sites (tertiary alicyclic amines) is 1. The highest BCUT2D eigenvalue weighted by molar-refractivity contribution is 5.72. The van der Waals surface area contributed by atoms with Crippen LogP contribution in [-0.4, -0.2) is 44.1 Å². The number of hydrogen-bond acceptors (Lipinski definition) is 4. The molecular formula is C17H26N2O2. The second kappa shape index (κ2) is 8.15. The van der Waals surface area contributed by atoms with Crippen LogP contribution < -0.4 is 5.32 Å². The molecule has 0 aromatic heterocycles. The van der Waals surface area contributed by atoms with Crippen LogP contribution in [0.5, 0.6) is 0 Å². The monoisotopic (exact) mass is 290 g/mol. The fraction of sp³-hybridized carbons (Fsp3) is 0.588. The van der Waals surface area contributed by atoms with Gasteiger partial charge in [-0.3, -0.25) is 4.79 Å². The van der Waals surface area contributed by atoms with Gasteiger partial charge in [0.05, 0.1) is 5.92 Å². The van der Waals surface area contributed by atoms with E-state index < -0.39 is 0 Å². The molecule has 0 amide bonds. The van der Waals surface area contributed by atoms with Crippen LogP contribution in [0.25, 0.3) is 0 Å². The van der Waals surface area contributed by atoms with Crippen LogP contribution in [0.3, 0.4) is 0 Å². The topological polar surface area (TPSA) is 41.6 Å². The lowest BCUT2D eigenvalue weighted by Gasteiger charge is -2.15. The van der Waals surface area contributed by atoms with E-state index in [1.165, 1.54) is 13.0 Å². The molecule has 0 spiro atoms. The molecule has 4 nitrogen and oxygen atoms in total. The zero-order valence-corrected chi connectivity index (χ0v) is 13.0. The quantitative estimate of drug-likeness (QED) is 0.779. The minimum atomic E-state index is -0.130. The molecular weight excluding hydrogens is 264 g/mol. The number of ether oxygens (including phenoxy) is 1. The van der Waals surface area contributed by atoms with Crippen LogP contribution in [0.15, 0.2) is 30.3 Å². The van der Waals surface area contributed by atoms with Gasteiger partial charge in [-0.05, 0) is 38.0 Å². The number of nitrogens with one attached hydrogen (secondary N) is 1. The third-order valence-corrected chi connectivity index (χ3v) is 4.00. The molecule has 1 saturated heterocycles. The predicted molar refractivity (Wildman–Crippen MR) is 83.9 cm³/mol. The number of carbonyl (C=O) groups is 1. The van der Waals surface area contributed by atoms with Crippen LogP contribution in [0.4, 0.5) is 0 Å². The second-order valence-electron chi connectivity index (χ2n) is 6.07. The molecule has 1 fully saturated rings. The van der Waals surface area contributed by atoms with Crippen molar-refractivity contribution in [2.24, 2.45) is 11.8 Å². The molecule has 0 radical (unpaired) electrons. The summed E-state index contributed by atoms with van der Waals surface area (Å²) in [5, 5.41) is 3.40. The summed E-state index contributed by atoms with van der Waals surface area (Å²) in [5.41, 5.74) is 1.03. The Kier molecular flexibility index (Phi) is 6.21. The van der Waals surface area contributed by atoms with E-state index in [1.807, 2.05) is 37.3 Å². The molecule has 1 aliphatic rings. The summed E-state index contributed by atoms with van der Waals surface area (Å²) in [6.07, 6.45) is 1.25. The Morgan fingerprint density at radius 3 is 2.86 bits per heavy atom. The maximum absolute atomic E-state index is 11.9. The van der Waals surface area contributed by atoms with Crippen molar-refractivity contribution in [2.75, 3.05) is 33.2 Å². The van der Waals surface area contributed by atoms with Crippen LogP contribution in [0, 0.1) is 11.8 Å². The largest absolute Gasteiger partial charge is 0.461 e. The van der Waals surface area contributed by atoms with Crippen molar-refractivity contribution in [3.63, 3.8) is 0 Å². The second-order valence-corrected chi connectivity index (χ2v) is 6.07. The Morgan fingerprint density at radius 2 is 2.19 bits per heavy atom. The third kappa shape index (κ3) is 5.48. The van der Waals surface area contributed by atoms with Crippen molar-refractivity contribution >= 4 is 5.97 Å². The number of rotatable bonds is 7. The maximum atomic E-state index is 11.9. The molecule has 2 rings (SSSR count). The standard InChI is InChI=1S/C17H26N2O2/c1-14(10-18-11-16-8-9-19(2)12-16)17(20)21-13-15-6-4-3-5-7-15/h3-7,14,16,18H,8-13H2,1-2H3. The number of carbonyl (C=O) groups excluding carboxylic acids is 1. The van der Waals surface area contributed by atoms with Gasteiger partial charge >= 0.3 is 5.97 Å². The van der Waals surface area contributed by atoms with Crippen molar-refractivity contribution in [2.45, 2.75) is 20.0 Å². The molecule has 1 aromatic rings. The Morgan fingerprint density at radius 1 is 1.43 bits per heavy atom. The van der Waals surface area contributed by atoms with E-state index in [0.717, 1.165) is 18.7 Å². The molecule has 116 valence electrons. The Balaban J connectivity index is 1.61. The van der Waals surface area contributed by atoms with Gasteiger partial charge in [-0.2, -0.15) is 0 Å². The summed E-state index contributed by atoms with van der Waals surface area (Å²) in [6.45, 7) is 6.29. The van der Waals surface area contributed by atoms with Gasteiger partial charge in [-0.25, -0.2) is 0 Å². The summed E-state index contributed by atoms with van der Waals surface area (Å²) >= 11 is 0. The van der Waals surface area contributed by atoms with Crippen molar-refractivity contribution in [1.82, 2.24) is 10.2 Å². The van der Waals surface area contributed by atoms with Crippen molar-refractivity contribution in [1.29, 1.82) is 0 Å². The van der Waals surface area contributed by atoms with Crippen molar-refractivity contribution < 1.29 is 9.53 Å². The van der Waals surface area contributed by atoms with E-state index in [4.69, 9.17) is 4.74 Å². The summed E-state index contributed by atoms with van der Waals surface area (Å²) < 4.78 is 5.34. The lowest BCUT2D eigenvalue weighted by molar-refractivity contribution is -0.149. The van der Waals surface area contributed by atoms with E-state index in [2.05, 4.69) is 17.3 Å². The molecule has 0 bridgehead atoms. The third-order valence-electron chi connectivity index (χ3n) is 4.00. The van der Waals surface area contributed by atoms with Crippen LogP contribution in [0.2, 0.25) is 0 Å². The maximum Gasteiger partial charge on any atom is 0.310 e. The number of nitrogens with zero attached hydrogens (tertiary/aromatic N) is 1. The summed E-state index contributed by atoms with van der Waals surface area (Å²) in [7, 11) is 2.16. The first kappa shape index (κ1) is 16.0. The molecule has 2 atom stereocenters. The van der Waals surface area contributed by atoms with Gasteiger partial charge in [0.1, 0.15) is 6.61 Å². The van der Waals surface area contributed by atoms with Gasteiger partial charge in [0.15, 0.2) is 0 Å². The Hall–Kier alpha value is -1.39. The van der Waals surface area contributed by atoms with Gasteiger partial charge in [0.2, 0.25) is 0 Å².